The highest BCUT2D eigenvalue weighted by Crippen LogP contribution is 2.11. The molecule has 1 aromatic rings. The van der Waals surface area contributed by atoms with Crippen LogP contribution in [0.15, 0.2) is 29.2 Å². The summed E-state index contributed by atoms with van der Waals surface area (Å²) < 4.78 is 26.7. The van der Waals surface area contributed by atoms with Gasteiger partial charge in [0.05, 0.1) is 4.90 Å². The third kappa shape index (κ3) is 2.54. The van der Waals surface area contributed by atoms with Crippen LogP contribution in [0.25, 0.3) is 0 Å². The Morgan fingerprint density at radius 3 is 2.36 bits per heavy atom. The molecule has 0 saturated carbocycles. The molecule has 0 aliphatic carbocycles. The van der Waals surface area contributed by atoms with E-state index in [1.807, 2.05) is 6.92 Å². The summed E-state index contributed by atoms with van der Waals surface area (Å²) in [4.78, 5) is 9.83. The number of carbonyl (C=O) groups excluding carboxylic acids is 1. The van der Waals surface area contributed by atoms with Gasteiger partial charge < -0.3 is 0 Å². The maximum absolute atomic E-state index is 11.3. The molecular weight excluding hydrogens is 206 g/mol. The Morgan fingerprint density at radius 2 is 1.86 bits per heavy atom. The van der Waals surface area contributed by atoms with E-state index in [2.05, 4.69) is 4.28 Å². The molecule has 0 heterocycles. The number of rotatable bonds is 4. The number of hydrogen-bond donors (Lipinski definition) is 1. The van der Waals surface area contributed by atoms with Crippen molar-refractivity contribution in [3.8, 4) is 0 Å². The fourth-order valence-electron chi connectivity index (χ4n) is 0.836. The molecule has 6 heteroatoms. The second kappa shape index (κ2) is 4.21. The third-order valence-electron chi connectivity index (χ3n) is 1.52. The molecule has 0 unspecified atom stereocenters. The van der Waals surface area contributed by atoms with Crippen LogP contribution in [0.1, 0.15) is 5.56 Å². The Balaban J connectivity index is 2.93. The summed E-state index contributed by atoms with van der Waals surface area (Å²) >= 11 is 0. The third-order valence-corrected chi connectivity index (χ3v) is 2.68. The number of nitrogens with one attached hydrogen (secondary N) is 1. The summed E-state index contributed by atoms with van der Waals surface area (Å²) in [6, 6.07) is 6.07. The fourth-order valence-corrected chi connectivity index (χ4v) is 1.57. The van der Waals surface area contributed by atoms with Crippen LogP contribution in [0.3, 0.4) is 0 Å². The van der Waals surface area contributed by atoms with Crippen molar-refractivity contribution in [3.63, 3.8) is 0 Å². The molecule has 0 aliphatic heterocycles. The molecule has 0 radical (unpaired) electrons. The molecular formula is C8H9NO4S. The number of hydrogen-bond acceptors (Lipinski definition) is 4. The minimum Gasteiger partial charge on any atom is -0.277 e. The molecule has 0 aromatic heterocycles. The lowest BCUT2D eigenvalue weighted by molar-refractivity contribution is -0.115. The highest BCUT2D eigenvalue weighted by atomic mass is 32.2. The molecule has 14 heavy (non-hydrogen) atoms. The average Bonchev–Trinajstić information content (AvgIpc) is 2.16. The number of hydroxylamine groups is 1. The van der Waals surface area contributed by atoms with Crippen molar-refractivity contribution in [3.05, 3.63) is 29.8 Å². The first-order valence-corrected chi connectivity index (χ1v) is 5.16. The number of amides is 1. The molecule has 76 valence electrons. The lowest BCUT2D eigenvalue weighted by atomic mass is 10.2. The Bertz CT molecular complexity index is 409. The van der Waals surface area contributed by atoms with E-state index >= 15 is 0 Å². The van der Waals surface area contributed by atoms with Crippen LogP contribution in [0, 0.1) is 6.92 Å². The zero-order chi connectivity index (χ0) is 10.6. The molecule has 0 atom stereocenters. The van der Waals surface area contributed by atoms with Gasteiger partial charge in [0.2, 0.25) is 6.41 Å². The van der Waals surface area contributed by atoms with Gasteiger partial charge in [-0.05, 0) is 19.1 Å². The van der Waals surface area contributed by atoms with E-state index in [1.165, 1.54) is 12.1 Å². The van der Waals surface area contributed by atoms with E-state index in [-0.39, 0.29) is 11.3 Å². The normalized spacial score (nSPS) is 10.9. The van der Waals surface area contributed by atoms with Crippen molar-refractivity contribution in [2.45, 2.75) is 11.8 Å². The van der Waals surface area contributed by atoms with Gasteiger partial charge in [0, 0.05) is 0 Å². The molecule has 0 spiro atoms. The summed E-state index contributed by atoms with van der Waals surface area (Å²) in [5.74, 6) is 0. The second-order valence-electron chi connectivity index (χ2n) is 2.59. The highest BCUT2D eigenvalue weighted by Gasteiger charge is 2.14. The van der Waals surface area contributed by atoms with E-state index in [0.717, 1.165) is 5.56 Å². The van der Waals surface area contributed by atoms with Gasteiger partial charge >= 0.3 is 10.1 Å². The van der Waals surface area contributed by atoms with Gasteiger partial charge in [0.25, 0.3) is 0 Å². The van der Waals surface area contributed by atoms with E-state index in [9.17, 15) is 13.2 Å². The van der Waals surface area contributed by atoms with Crippen LogP contribution in [-0.4, -0.2) is 14.8 Å². The largest absolute Gasteiger partial charge is 0.317 e. The molecule has 0 aliphatic rings. The van der Waals surface area contributed by atoms with Gasteiger partial charge in [-0.15, -0.1) is 4.28 Å². The van der Waals surface area contributed by atoms with Crippen molar-refractivity contribution in [1.29, 1.82) is 0 Å². The summed E-state index contributed by atoms with van der Waals surface area (Å²) in [5, 5.41) is 0. The summed E-state index contributed by atoms with van der Waals surface area (Å²) in [5.41, 5.74) is 2.57. The Kier molecular flexibility index (Phi) is 3.21. The van der Waals surface area contributed by atoms with Crippen molar-refractivity contribution in [2.24, 2.45) is 0 Å². The van der Waals surface area contributed by atoms with Gasteiger partial charge in [-0.1, -0.05) is 17.7 Å². The maximum atomic E-state index is 11.3. The topological polar surface area (TPSA) is 72.5 Å². The van der Waals surface area contributed by atoms with Gasteiger partial charge in [-0.25, -0.2) is 5.48 Å². The quantitative estimate of drug-likeness (QED) is 0.581. The van der Waals surface area contributed by atoms with Gasteiger partial charge in [0.15, 0.2) is 0 Å². The lowest BCUT2D eigenvalue weighted by Gasteiger charge is -2.02. The second-order valence-corrected chi connectivity index (χ2v) is 4.13. The maximum Gasteiger partial charge on any atom is 0.317 e. The first kappa shape index (κ1) is 10.7. The highest BCUT2D eigenvalue weighted by molar-refractivity contribution is 7.86. The molecule has 5 nitrogen and oxygen atoms in total. The molecule has 1 N–H and O–H groups in total. The monoisotopic (exact) mass is 215 g/mol. The standard InChI is InChI=1S/C8H9NO4S/c1-7-2-4-8(5-3-7)14(11,12)13-9-6-10/h2-6H,1H3,(H,9,10). The number of carbonyl (C=O) groups is 1. The first-order chi connectivity index (χ1) is 6.56. The zero-order valence-corrected chi connectivity index (χ0v) is 8.24. The van der Waals surface area contributed by atoms with Gasteiger partial charge in [-0.3, -0.25) is 4.79 Å². The molecule has 1 amide bonds. The Morgan fingerprint density at radius 1 is 1.29 bits per heavy atom. The van der Waals surface area contributed by atoms with E-state index in [4.69, 9.17) is 0 Å². The van der Waals surface area contributed by atoms with Gasteiger partial charge in [0.1, 0.15) is 0 Å². The predicted molar refractivity (Wildman–Crippen MR) is 48.6 cm³/mol. The van der Waals surface area contributed by atoms with Crippen molar-refractivity contribution < 1.29 is 17.5 Å². The minimum absolute atomic E-state index is 0.00236. The lowest BCUT2D eigenvalue weighted by Crippen LogP contribution is -2.18. The van der Waals surface area contributed by atoms with E-state index in [1.54, 1.807) is 17.6 Å². The van der Waals surface area contributed by atoms with Crippen LogP contribution in [-0.2, 0) is 19.2 Å². The van der Waals surface area contributed by atoms with Crippen molar-refractivity contribution in [2.75, 3.05) is 0 Å². The average molecular weight is 215 g/mol. The van der Waals surface area contributed by atoms with Crippen LogP contribution in [0.2, 0.25) is 0 Å². The number of aryl methyl sites for hydroxylation is 1. The molecule has 0 fully saturated rings. The smallest absolute Gasteiger partial charge is 0.277 e. The fraction of sp³-hybridized carbons (Fsp3) is 0.125. The van der Waals surface area contributed by atoms with Crippen LogP contribution < -0.4 is 5.48 Å². The molecule has 0 bridgehead atoms. The molecule has 1 aromatic carbocycles. The SMILES string of the molecule is Cc1ccc(S(=O)(=O)ONC=O)cc1. The van der Waals surface area contributed by atoms with Crippen molar-refractivity contribution >= 4 is 16.5 Å². The molecule has 1 rings (SSSR count). The first-order valence-electron chi connectivity index (χ1n) is 3.75. The summed E-state index contributed by atoms with van der Waals surface area (Å²) in [6.07, 6.45) is 0.145. The minimum atomic E-state index is -3.88. The summed E-state index contributed by atoms with van der Waals surface area (Å²) in [7, 11) is -3.88. The van der Waals surface area contributed by atoms with Crippen LogP contribution in [0.4, 0.5) is 0 Å². The summed E-state index contributed by atoms with van der Waals surface area (Å²) in [6.45, 7) is 1.83. The van der Waals surface area contributed by atoms with Crippen LogP contribution >= 0.6 is 0 Å². The van der Waals surface area contributed by atoms with Crippen molar-refractivity contribution in [1.82, 2.24) is 5.48 Å². The zero-order valence-electron chi connectivity index (χ0n) is 7.43. The number of benzene rings is 1. The predicted octanol–water partition coefficient (Wildman–Crippen LogP) is 0.361. The van der Waals surface area contributed by atoms with E-state index in [0.29, 0.717) is 0 Å². The van der Waals surface area contributed by atoms with E-state index < -0.39 is 10.1 Å². The Hall–Kier alpha value is -1.40. The van der Waals surface area contributed by atoms with Gasteiger partial charge in [-0.2, -0.15) is 8.42 Å². The van der Waals surface area contributed by atoms with Crippen LogP contribution in [0.5, 0.6) is 0 Å². The Labute approximate surface area is 81.8 Å². The molecule has 0 saturated heterocycles.